The predicted molar refractivity (Wildman–Crippen MR) is 161 cm³/mol. The van der Waals surface area contributed by atoms with Gasteiger partial charge in [-0.2, -0.15) is 9.97 Å². The average Bonchev–Trinajstić information content (AvgIpc) is 3.42. The van der Waals surface area contributed by atoms with E-state index in [-0.39, 0.29) is 47.1 Å². The lowest BCUT2D eigenvalue weighted by molar-refractivity contribution is -0.149. The van der Waals surface area contributed by atoms with Crippen LogP contribution in [0.1, 0.15) is 54.7 Å². The Labute approximate surface area is 263 Å². The minimum Gasteiger partial charge on any atom is -0.476 e. The molecule has 0 aliphatic carbocycles. The minimum atomic E-state index is -4.34. The third-order valence-electron chi connectivity index (χ3n) is 5.98. The lowest BCUT2D eigenvalue weighted by atomic mass is 10.00. The van der Waals surface area contributed by atoms with Crippen LogP contribution in [-0.4, -0.2) is 90.8 Å². The summed E-state index contributed by atoms with van der Waals surface area (Å²) < 4.78 is 58.0. The fraction of sp³-hybridized carbons (Fsp3) is 0.720. The Bertz CT molecular complexity index is 1380. The van der Waals surface area contributed by atoms with Gasteiger partial charge in [0.1, 0.15) is 18.2 Å². The van der Waals surface area contributed by atoms with Crippen LogP contribution in [0.4, 0.5) is 10.3 Å². The number of rotatable bonds is 14. The fourth-order valence-corrected chi connectivity index (χ4v) is 6.52. The van der Waals surface area contributed by atoms with E-state index in [0.717, 1.165) is 16.3 Å². The van der Waals surface area contributed by atoms with Gasteiger partial charge in [0.05, 0.1) is 32.3 Å². The van der Waals surface area contributed by atoms with Crippen LogP contribution in [0.2, 0.25) is 0 Å². The van der Waals surface area contributed by atoms with E-state index in [2.05, 4.69) is 20.0 Å². The number of alkyl halides is 2. The lowest BCUT2D eigenvalue weighted by Crippen LogP contribution is -2.39. The van der Waals surface area contributed by atoms with E-state index in [0.29, 0.717) is 0 Å². The number of nitrogens with two attached hydrogens (primary N) is 1. The SMILES string of the molecule is CCOc1nc(N)nc2c1ncn2[C@@H]1O[C@H](COP(=O)(N[C@H](C)C(=O)OC(C)C)OCCSC(=O)C(C)(C)C)[C@@H](O)[C@@]1(F)Cl. The number of hydrogen-bond donors (Lipinski definition) is 3. The minimum absolute atomic E-state index is 0.0258. The quantitative estimate of drug-likeness (QED) is 0.113. The molecule has 0 bridgehead atoms. The number of esters is 1. The van der Waals surface area contributed by atoms with Gasteiger partial charge in [-0.05, 0) is 27.7 Å². The molecule has 2 aromatic heterocycles. The summed E-state index contributed by atoms with van der Waals surface area (Å²) in [5.41, 5.74) is 5.36. The first kappa shape index (κ1) is 36.4. The first-order valence-electron chi connectivity index (χ1n) is 13.8. The molecule has 1 saturated heterocycles. The molecule has 0 radical (unpaired) electrons. The van der Waals surface area contributed by atoms with Crippen molar-refractivity contribution in [1.82, 2.24) is 24.6 Å². The van der Waals surface area contributed by atoms with Crippen LogP contribution < -0.4 is 15.6 Å². The fourth-order valence-electron chi connectivity index (χ4n) is 3.84. The number of anilines is 1. The van der Waals surface area contributed by atoms with Crippen molar-refractivity contribution in [2.75, 3.05) is 31.3 Å². The van der Waals surface area contributed by atoms with Gasteiger partial charge < -0.3 is 25.1 Å². The van der Waals surface area contributed by atoms with Gasteiger partial charge in [0, 0.05) is 11.2 Å². The number of thioether (sulfide) groups is 1. The number of hydrogen-bond acceptors (Lipinski definition) is 14. The average molecular weight is 685 g/mol. The van der Waals surface area contributed by atoms with E-state index in [4.69, 9.17) is 40.6 Å². The van der Waals surface area contributed by atoms with Crippen LogP contribution in [0.5, 0.6) is 5.88 Å². The Morgan fingerprint density at radius 2 is 2.00 bits per heavy atom. The molecule has 0 spiro atoms. The number of fused-ring (bicyclic) bond motifs is 1. The second-order valence-electron chi connectivity index (χ2n) is 11.1. The molecule has 3 rings (SSSR count). The van der Waals surface area contributed by atoms with Crippen LogP contribution in [0.15, 0.2) is 6.33 Å². The van der Waals surface area contributed by atoms with E-state index in [9.17, 15) is 19.3 Å². The molecule has 0 amide bonds. The van der Waals surface area contributed by atoms with Crippen molar-refractivity contribution in [3.05, 3.63) is 6.33 Å². The second kappa shape index (κ2) is 14.5. The highest BCUT2D eigenvalue weighted by atomic mass is 35.5. The zero-order valence-electron chi connectivity index (χ0n) is 25.5. The van der Waals surface area contributed by atoms with Gasteiger partial charge in [0.15, 0.2) is 22.5 Å². The number of carbonyl (C=O) groups excluding carboxylic acids is 2. The number of ether oxygens (including phenoxy) is 3. The standard InChI is InChI=1S/C25H39ClFN6O9PS/c1-8-38-19-16-18(30-23(28)31-19)33(12-29-16)21-25(26,27)17(34)15(42-21)11-40-43(37,32-14(4)20(35)41-13(2)3)39-9-10-44-22(36)24(5,6)7/h12-15,17,21,34H,8-11H2,1-7H3,(H,32,37)(H2,28,30,31)/t14-,15-,17-,21-,25+,43?/m1/s1. The number of aliphatic hydroxyl groups is 1. The Morgan fingerprint density at radius 1 is 1.32 bits per heavy atom. The largest absolute Gasteiger partial charge is 0.476 e. The molecule has 19 heteroatoms. The highest BCUT2D eigenvalue weighted by molar-refractivity contribution is 8.13. The Kier molecular flexibility index (Phi) is 12.0. The van der Waals surface area contributed by atoms with Gasteiger partial charge in [-0.15, -0.1) is 0 Å². The maximum Gasteiger partial charge on any atom is 0.406 e. The van der Waals surface area contributed by atoms with Gasteiger partial charge in [-0.1, -0.05) is 44.1 Å². The van der Waals surface area contributed by atoms with Gasteiger partial charge in [-0.3, -0.25) is 23.2 Å². The molecule has 248 valence electrons. The lowest BCUT2D eigenvalue weighted by Gasteiger charge is -2.25. The van der Waals surface area contributed by atoms with Gasteiger partial charge >= 0.3 is 13.7 Å². The van der Waals surface area contributed by atoms with Crippen LogP contribution >= 0.6 is 31.1 Å². The van der Waals surface area contributed by atoms with Crippen molar-refractivity contribution in [1.29, 1.82) is 0 Å². The van der Waals surface area contributed by atoms with E-state index >= 15 is 4.39 Å². The molecule has 1 unspecified atom stereocenters. The number of carbonyl (C=O) groups is 2. The molecule has 1 aliphatic rings. The summed E-state index contributed by atoms with van der Waals surface area (Å²) in [6, 6.07) is -1.15. The van der Waals surface area contributed by atoms with Crippen LogP contribution in [0.25, 0.3) is 11.2 Å². The molecule has 1 aliphatic heterocycles. The van der Waals surface area contributed by atoms with Crippen LogP contribution in [0.3, 0.4) is 0 Å². The predicted octanol–water partition coefficient (Wildman–Crippen LogP) is 3.35. The molecule has 15 nitrogen and oxygen atoms in total. The smallest absolute Gasteiger partial charge is 0.406 e. The Hall–Kier alpha value is -2.11. The van der Waals surface area contributed by atoms with E-state index < -0.39 is 61.4 Å². The summed E-state index contributed by atoms with van der Waals surface area (Å²) in [6.45, 7) is 11.0. The molecule has 0 saturated carbocycles. The molecule has 6 atom stereocenters. The second-order valence-corrected chi connectivity index (χ2v) is 14.6. The van der Waals surface area contributed by atoms with E-state index in [1.165, 1.54) is 13.3 Å². The van der Waals surface area contributed by atoms with Crippen molar-refractivity contribution in [3.63, 3.8) is 0 Å². The molecule has 1 fully saturated rings. The number of nitrogen functional groups attached to an aromatic ring is 1. The van der Waals surface area contributed by atoms with E-state index in [1.54, 1.807) is 41.5 Å². The van der Waals surface area contributed by atoms with Crippen molar-refractivity contribution < 1.29 is 46.9 Å². The normalized spacial score (nSPS) is 24.4. The Balaban J connectivity index is 1.78. The summed E-state index contributed by atoms with van der Waals surface area (Å²) in [6.07, 6.45) is -4.42. The molecular formula is C25H39ClFN6O9PS. The molecule has 3 heterocycles. The molecule has 0 aromatic carbocycles. The third kappa shape index (κ3) is 8.78. The van der Waals surface area contributed by atoms with Gasteiger partial charge in [-0.25, -0.2) is 19.0 Å². The first-order chi connectivity index (χ1) is 20.4. The van der Waals surface area contributed by atoms with Crippen molar-refractivity contribution in [2.24, 2.45) is 5.41 Å². The van der Waals surface area contributed by atoms with Crippen molar-refractivity contribution >= 4 is 59.3 Å². The summed E-state index contributed by atoms with van der Waals surface area (Å²) in [7, 11) is -4.34. The first-order valence-corrected chi connectivity index (χ1v) is 16.7. The summed E-state index contributed by atoms with van der Waals surface area (Å²) in [4.78, 5) is 36.9. The summed E-state index contributed by atoms with van der Waals surface area (Å²) in [5.74, 6) is -0.733. The van der Waals surface area contributed by atoms with E-state index in [1.807, 2.05) is 0 Å². The topological polar surface area (TPSA) is 199 Å². The molecule has 2 aromatic rings. The zero-order valence-corrected chi connectivity index (χ0v) is 28.0. The number of aliphatic hydroxyl groups excluding tert-OH is 1. The maximum atomic E-state index is 15.8. The number of nitrogens with zero attached hydrogens (tertiary/aromatic N) is 4. The Morgan fingerprint density at radius 3 is 2.61 bits per heavy atom. The third-order valence-corrected chi connectivity index (χ3v) is 9.35. The van der Waals surface area contributed by atoms with Crippen LogP contribution in [-0.2, 0) is 32.7 Å². The summed E-state index contributed by atoms with van der Waals surface area (Å²) >= 11 is 7.12. The zero-order chi connectivity index (χ0) is 33.0. The number of halogens is 2. The molecule has 4 N–H and O–H groups in total. The highest BCUT2D eigenvalue weighted by Gasteiger charge is 2.58. The van der Waals surface area contributed by atoms with Gasteiger partial charge in [0.25, 0.3) is 5.13 Å². The number of aromatic nitrogens is 4. The highest BCUT2D eigenvalue weighted by Crippen LogP contribution is 2.49. The van der Waals surface area contributed by atoms with Crippen LogP contribution in [0, 0.1) is 5.41 Å². The van der Waals surface area contributed by atoms with Gasteiger partial charge in [0.2, 0.25) is 11.8 Å². The molecule has 44 heavy (non-hydrogen) atoms. The maximum absolute atomic E-state index is 15.8. The number of nitrogens with one attached hydrogen (secondary N) is 1. The van der Waals surface area contributed by atoms with Crippen molar-refractivity contribution in [2.45, 2.75) is 84.2 Å². The van der Waals surface area contributed by atoms with Crippen molar-refractivity contribution in [3.8, 4) is 5.88 Å². The summed E-state index contributed by atoms with van der Waals surface area (Å²) in [5, 5.41) is 10.2. The monoisotopic (exact) mass is 684 g/mol. The number of imidazole rings is 1. The molecular weight excluding hydrogens is 646 g/mol.